The van der Waals surface area contributed by atoms with Gasteiger partial charge < -0.3 is 16.1 Å². The van der Waals surface area contributed by atoms with E-state index in [1.165, 1.54) is 19.3 Å². The maximum Gasteiger partial charge on any atom is 0.169 e. The highest BCUT2D eigenvalue weighted by Crippen LogP contribution is 2.31. The van der Waals surface area contributed by atoms with Gasteiger partial charge in [-0.15, -0.1) is 0 Å². The van der Waals surface area contributed by atoms with E-state index >= 15 is 0 Å². The Bertz CT molecular complexity index is 468. The van der Waals surface area contributed by atoms with Crippen LogP contribution in [-0.4, -0.2) is 28.1 Å². The van der Waals surface area contributed by atoms with Gasteiger partial charge in [0.15, 0.2) is 11.6 Å². The van der Waals surface area contributed by atoms with Gasteiger partial charge in [0.05, 0.1) is 0 Å². The van der Waals surface area contributed by atoms with Crippen LogP contribution in [0.2, 0.25) is 0 Å². The molecule has 1 fully saturated rings. The van der Waals surface area contributed by atoms with Gasteiger partial charge >= 0.3 is 0 Å². The minimum Gasteiger partial charge on any atom is -0.393 e. The third-order valence-electron chi connectivity index (χ3n) is 3.79. The van der Waals surface area contributed by atoms with Crippen LogP contribution in [0.25, 0.3) is 0 Å². The molecule has 0 amide bonds. The van der Waals surface area contributed by atoms with Crippen molar-refractivity contribution in [1.82, 2.24) is 15.4 Å². The second-order valence-electron chi connectivity index (χ2n) is 6.71. The Balaban J connectivity index is 2.20. The summed E-state index contributed by atoms with van der Waals surface area (Å²) in [5, 5.41) is 0. The summed E-state index contributed by atoms with van der Waals surface area (Å²) in [6.07, 6.45) is 6.40. The van der Waals surface area contributed by atoms with Crippen molar-refractivity contribution in [3.8, 4) is 0 Å². The van der Waals surface area contributed by atoms with E-state index in [0.29, 0.717) is 17.5 Å². The number of anilines is 3. The number of nitrogens with one attached hydrogen (secondary N) is 2. The van der Waals surface area contributed by atoms with Crippen molar-refractivity contribution < 1.29 is 0 Å². The average Bonchev–Trinajstić information content (AvgIpc) is 2.45. The summed E-state index contributed by atoms with van der Waals surface area (Å²) in [7, 11) is 0. The molecule has 1 aliphatic heterocycles. The molecule has 21 heavy (non-hydrogen) atoms. The number of nitrogens with two attached hydrogens (primary N) is 1. The summed E-state index contributed by atoms with van der Waals surface area (Å²) < 4.78 is 0. The lowest BCUT2D eigenvalue weighted by atomic mass is 10.00. The van der Waals surface area contributed by atoms with Crippen molar-refractivity contribution in [3.63, 3.8) is 0 Å². The first-order valence-corrected chi connectivity index (χ1v) is 7.82. The quantitative estimate of drug-likeness (QED) is 0.740. The van der Waals surface area contributed by atoms with Crippen molar-refractivity contribution in [1.29, 1.82) is 0 Å². The molecule has 1 aliphatic rings. The molecule has 6 heteroatoms. The van der Waals surface area contributed by atoms with Gasteiger partial charge in [0.2, 0.25) is 0 Å². The molecular weight excluding hydrogens is 264 g/mol. The molecule has 0 saturated carbocycles. The Morgan fingerprint density at radius 1 is 1.33 bits per heavy atom. The molecule has 6 nitrogen and oxygen atoms in total. The number of rotatable bonds is 4. The zero-order valence-corrected chi connectivity index (χ0v) is 13.6. The van der Waals surface area contributed by atoms with Crippen LogP contribution in [0.3, 0.4) is 0 Å². The third-order valence-corrected chi connectivity index (χ3v) is 3.79. The number of piperidine rings is 1. The van der Waals surface area contributed by atoms with Crippen LogP contribution in [0.4, 0.5) is 17.3 Å². The van der Waals surface area contributed by atoms with E-state index in [1.807, 2.05) is 0 Å². The molecule has 0 aromatic carbocycles. The summed E-state index contributed by atoms with van der Waals surface area (Å²) in [5.74, 6) is 1.50. The lowest BCUT2D eigenvalue weighted by Gasteiger charge is -2.37. The Hall–Kier alpha value is -1.56. The number of nitrogens with zero attached hydrogens (tertiary/aromatic N) is 3. The molecule has 2 heterocycles. The molecular formula is C15H28N6. The minimum atomic E-state index is -0.0609. The number of hydrazine groups is 1. The van der Waals surface area contributed by atoms with Gasteiger partial charge in [-0.2, -0.15) is 0 Å². The molecule has 1 aromatic heterocycles. The van der Waals surface area contributed by atoms with Crippen molar-refractivity contribution >= 4 is 17.3 Å². The van der Waals surface area contributed by atoms with Crippen LogP contribution in [0, 0.1) is 0 Å². The Kier molecular flexibility index (Phi) is 4.88. The van der Waals surface area contributed by atoms with E-state index in [1.54, 1.807) is 6.33 Å². The van der Waals surface area contributed by atoms with E-state index in [9.17, 15) is 0 Å². The van der Waals surface area contributed by atoms with Gasteiger partial charge in [-0.1, -0.05) is 6.92 Å². The van der Waals surface area contributed by atoms with Gasteiger partial charge in [-0.05, 0) is 46.5 Å². The van der Waals surface area contributed by atoms with Gasteiger partial charge in [-0.25, -0.2) is 15.4 Å². The monoisotopic (exact) mass is 292 g/mol. The lowest BCUT2D eigenvalue weighted by molar-refractivity contribution is 0.446. The van der Waals surface area contributed by atoms with E-state index in [4.69, 9.17) is 5.73 Å². The van der Waals surface area contributed by atoms with E-state index in [-0.39, 0.29) is 5.54 Å². The normalized spacial score (nSPS) is 19.6. The summed E-state index contributed by atoms with van der Waals surface area (Å²) >= 11 is 0. The largest absolute Gasteiger partial charge is 0.393 e. The van der Waals surface area contributed by atoms with E-state index < -0.39 is 0 Å². The maximum absolute atomic E-state index is 6.29. The molecule has 1 aromatic rings. The molecule has 0 aliphatic carbocycles. The van der Waals surface area contributed by atoms with Crippen LogP contribution >= 0.6 is 0 Å². The van der Waals surface area contributed by atoms with Gasteiger partial charge in [-0.3, -0.25) is 0 Å². The number of aromatic nitrogens is 2. The number of hydrogen-bond acceptors (Lipinski definition) is 6. The number of nitrogen functional groups attached to an aromatic ring is 1. The zero-order valence-electron chi connectivity index (χ0n) is 13.6. The highest BCUT2D eigenvalue weighted by Gasteiger charge is 2.25. The summed E-state index contributed by atoms with van der Waals surface area (Å²) in [6.45, 7) is 9.48. The van der Waals surface area contributed by atoms with Crippen LogP contribution < -0.4 is 21.5 Å². The first-order valence-electron chi connectivity index (χ1n) is 7.82. The fraction of sp³-hybridized carbons (Fsp3) is 0.733. The van der Waals surface area contributed by atoms with Gasteiger partial charge in [0, 0.05) is 18.1 Å². The van der Waals surface area contributed by atoms with Crippen LogP contribution in [0.15, 0.2) is 6.33 Å². The van der Waals surface area contributed by atoms with Crippen molar-refractivity contribution in [2.75, 3.05) is 22.6 Å². The van der Waals surface area contributed by atoms with Crippen LogP contribution in [0.5, 0.6) is 0 Å². The van der Waals surface area contributed by atoms with Crippen molar-refractivity contribution in [2.45, 2.75) is 65.0 Å². The van der Waals surface area contributed by atoms with Crippen molar-refractivity contribution in [3.05, 3.63) is 6.33 Å². The van der Waals surface area contributed by atoms with Crippen LogP contribution in [0.1, 0.15) is 53.4 Å². The topological polar surface area (TPSA) is 79.1 Å². The molecule has 1 saturated heterocycles. The first-order chi connectivity index (χ1) is 9.92. The second kappa shape index (κ2) is 6.47. The zero-order chi connectivity index (χ0) is 15.5. The van der Waals surface area contributed by atoms with Crippen molar-refractivity contribution in [2.24, 2.45) is 0 Å². The standard InChI is InChI=1S/C15H28N6/c1-5-11-8-6-7-9-21(11)14-12(16)13(17-10-18-14)19-20-15(2,3)4/h10-11,20H,5-9,16H2,1-4H3,(H,17,18,19). The number of hydrogen-bond donors (Lipinski definition) is 3. The molecule has 118 valence electrons. The predicted molar refractivity (Wildman–Crippen MR) is 88.2 cm³/mol. The Morgan fingerprint density at radius 3 is 2.76 bits per heavy atom. The molecule has 0 radical (unpaired) electrons. The smallest absolute Gasteiger partial charge is 0.169 e. The highest BCUT2D eigenvalue weighted by atomic mass is 15.4. The van der Waals surface area contributed by atoms with Crippen LogP contribution in [-0.2, 0) is 0 Å². The molecule has 4 N–H and O–H groups in total. The summed E-state index contributed by atoms with van der Waals surface area (Å²) in [6, 6.07) is 0.527. The molecule has 1 unspecified atom stereocenters. The molecule has 0 bridgehead atoms. The Morgan fingerprint density at radius 2 is 2.10 bits per heavy atom. The second-order valence-corrected chi connectivity index (χ2v) is 6.71. The summed E-state index contributed by atoms with van der Waals surface area (Å²) in [4.78, 5) is 11.0. The maximum atomic E-state index is 6.29. The minimum absolute atomic E-state index is 0.0609. The fourth-order valence-electron chi connectivity index (χ4n) is 2.67. The summed E-state index contributed by atoms with van der Waals surface area (Å²) in [5.41, 5.74) is 13.2. The van der Waals surface area contributed by atoms with Gasteiger partial charge in [0.1, 0.15) is 12.0 Å². The lowest BCUT2D eigenvalue weighted by Crippen LogP contribution is -2.42. The average molecular weight is 292 g/mol. The molecule has 2 rings (SSSR count). The van der Waals surface area contributed by atoms with E-state index in [2.05, 4.69) is 53.4 Å². The third kappa shape index (κ3) is 3.97. The highest BCUT2D eigenvalue weighted by molar-refractivity contribution is 5.75. The SMILES string of the molecule is CCC1CCCCN1c1ncnc(NNC(C)(C)C)c1N. The first kappa shape index (κ1) is 15.8. The molecule has 0 spiro atoms. The van der Waals surface area contributed by atoms with Gasteiger partial charge in [0.25, 0.3) is 0 Å². The van der Waals surface area contributed by atoms with E-state index in [0.717, 1.165) is 18.8 Å². The fourth-order valence-corrected chi connectivity index (χ4v) is 2.67. The molecule has 1 atom stereocenters. The Labute approximate surface area is 127 Å². The predicted octanol–water partition coefficient (Wildman–Crippen LogP) is 2.54.